The van der Waals surface area contributed by atoms with Crippen LogP contribution in [0.3, 0.4) is 0 Å². The summed E-state index contributed by atoms with van der Waals surface area (Å²) in [4.78, 5) is 38.8. The van der Waals surface area contributed by atoms with Crippen LogP contribution in [0.2, 0.25) is 0 Å². The minimum atomic E-state index is -0.605. The Morgan fingerprint density at radius 3 is 2.59 bits per heavy atom. The SMILES string of the molecule is CSc1ccc(C=C2NC(=O)N(CC(=O)Nc3cccc(C)c3)C2=O)cc1. The van der Waals surface area contributed by atoms with Gasteiger partial charge in [-0.05, 0) is 54.6 Å². The van der Waals surface area contributed by atoms with Crippen LogP contribution in [0, 0.1) is 6.92 Å². The number of amides is 4. The number of hydrogen-bond acceptors (Lipinski definition) is 4. The van der Waals surface area contributed by atoms with Gasteiger partial charge in [0.15, 0.2) is 0 Å². The Labute approximate surface area is 161 Å². The van der Waals surface area contributed by atoms with Crippen LogP contribution in [0.4, 0.5) is 10.5 Å². The van der Waals surface area contributed by atoms with Crippen molar-refractivity contribution in [3.05, 3.63) is 65.4 Å². The third-order valence-corrected chi connectivity index (χ3v) is 4.74. The summed E-state index contributed by atoms with van der Waals surface area (Å²) in [5.74, 6) is -0.956. The molecule has 138 valence electrons. The summed E-state index contributed by atoms with van der Waals surface area (Å²) in [5.41, 5.74) is 2.57. The highest BCUT2D eigenvalue weighted by molar-refractivity contribution is 7.98. The molecular weight excluding hydrogens is 362 g/mol. The average Bonchev–Trinajstić information content (AvgIpc) is 2.90. The molecule has 0 unspecified atom stereocenters. The van der Waals surface area contributed by atoms with Crippen LogP contribution >= 0.6 is 11.8 Å². The molecule has 0 spiro atoms. The van der Waals surface area contributed by atoms with E-state index in [1.165, 1.54) is 0 Å². The molecule has 0 bridgehead atoms. The first kappa shape index (κ1) is 18.7. The van der Waals surface area contributed by atoms with E-state index < -0.39 is 17.8 Å². The molecule has 0 atom stereocenters. The molecule has 0 aliphatic carbocycles. The standard InChI is InChI=1S/C20H19N3O3S/c1-13-4-3-5-15(10-13)21-18(24)12-23-19(25)17(22-20(23)26)11-14-6-8-16(27-2)9-7-14/h3-11H,12H2,1-2H3,(H,21,24)(H,22,26). The third kappa shape index (κ3) is 4.57. The lowest BCUT2D eigenvalue weighted by atomic mass is 10.2. The van der Waals surface area contributed by atoms with Crippen molar-refractivity contribution in [3.63, 3.8) is 0 Å². The van der Waals surface area contributed by atoms with Crippen LogP contribution in [0.15, 0.2) is 59.1 Å². The van der Waals surface area contributed by atoms with E-state index in [1.54, 1.807) is 23.9 Å². The lowest BCUT2D eigenvalue weighted by molar-refractivity contribution is -0.127. The maximum atomic E-state index is 12.5. The van der Waals surface area contributed by atoms with Crippen LogP contribution in [0.5, 0.6) is 0 Å². The van der Waals surface area contributed by atoms with Crippen molar-refractivity contribution in [2.24, 2.45) is 0 Å². The molecule has 7 heteroatoms. The molecule has 27 heavy (non-hydrogen) atoms. The number of benzene rings is 2. The number of thioether (sulfide) groups is 1. The van der Waals surface area contributed by atoms with E-state index in [1.807, 2.05) is 55.6 Å². The molecule has 1 aliphatic heterocycles. The maximum Gasteiger partial charge on any atom is 0.329 e. The molecule has 4 amide bonds. The number of aryl methyl sites for hydroxylation is 1. The Balaban J connectivity index is 1.68. The largest absolute Gasteiger partial charge is 0.329 e. The van der Waals surface area contributed by atoms with Crippen LogP contribution < -0.4 is 10.6 Å². The second-order valence-corrected chi connectivity index (χ2v) is 6.95. The number of rotatable bonds is 5. The fourth-order valence-electron chi connectivity index (χ4n) is 2.65. The smallest absolute Gasteiger partial charge is 0.325 e. The number of anilines is 1. The fraction of sp³-hybridized carbons (Fsp3) is 0.150. The second-order valence-electron chi connectivity index (χ2n) is 6.07. The van der Waals surface area contributed by atoms with E-state index in [-0.39, 0.29) is 12.2 Å². The molecule has 6 nitrogen and oxygen atoms in total. The average molecular weight is 381 g/mol. The molecule has 1 saturated heterocycles. The van der Waals surface area contributed by atoms with Crippen molar-refractivity contribution in [3.8, 4) is 0 Å². The zero-order chi connectivity index (χ0) is 19.4. The monoisotopic (exact) mass is 381 g/mol. The quantitative estimate of drug-likeness (QED) is 0.473. The van der Waals surface area contributed by atoms with Crippen molar-refractivity contribution in [1.29, 1.82) is 0 Å². The predicted molar refractivity (Wildman–Crippen MR) is 106 cm³/mol. The van der Waals surface area contributed by atoms with Gasteiger partial charge in [0.25, 0.3) is 5.91 Å². The summed E-state index contributed by atoms with van der Waals surface area (Å²) >= 11 is 1.62. The van der Waals surface area contributed by atoms with Crippen molar-refractivity contribution in [2.75, 3.05) is 18.1 Å². The zero-order valence-electron chi connectivity index (χ0n) is 15.0. The van der Waals surface area contributed by atoms with E-state index in [0.717, 1.165) is 20.9 Å². The second kappa shape index (κ2) is 8.09. The summed E-state index contributed by atoms with van der Waals surface area (Å²) in [6.45, 7) is 1.57. The van der Waals surface area contributed by atoms with Gasteiger partial charge in [0.05, 0.1) is 0 Å². The molecular formula is C20H19N3O3S. The van der Waals surface area contributed by atoms with E-state index >= 15 is 0 Å². The summed E-state index contributed by atoms with van der Waals surface area (Å²) in [7, 11) is 0. The molecule has 2 N–H and O–H groups in total. The first-order valence-corrected chi connectivity index (χ1v) is 9.54. The number of carbonyl (C=O) groups excluding carboxylic acids is 3. The number of nitrogens with one attached hydrogen (secondary N) is 2. The summed E-state index contributed by atoms with van der Waals surface area (Å²) in [6, 6.07) is 14.3. The minimum Gasteiger partial charge on any atom is -0.325 e. The van der Waals surface area contributed by atoms with E-state index in [0.29, 0.717) is 5.69 Å². The van der Waals surface area contributed by atoms with Crippen molar-refractivity contribution >= 4 is 41.4 Å². The van der Waals surface area contributed by atoms with Crippen molar-refractivity contribution in [2.45, 2.75) is 11.8 Å². The van der Waals surface area contributed by atoms with Crippen LogP contribution in [0.25, 0.3) is 6.08 Å². The summed E-state index contributed by atoms with van der Waals surface area (Å²) < 4.78 is 0. The number of hydrogen-bond donors (Lipinski definition) is 2. The highest BCUT2D eigenvalue weighted by Gasteiger charge is 2.34. The van der Waals surface area contributed by atoms with Gasteiger partial charge in [-0.3, -0.25) is 9.59 Å². The first-order chi connectivity index (χ1) is 13.0. The first-order valence-electron chi connectivity index (χ1n) is 8.31. The zero-order valence-corrected chi connectivity index (χ0v) is 15.8. The Morgan fingerprint density at radius 2 is 1.93 bits per heavy atom. The van der Waals surface area contributed by atoms with Gasteiger partial charge in [-0.2, -0.15) is 0 Å². The van der Waals surface area contributed by atoms with Gasteiger partial charge >= 0.3 is 6.03 Å². The molecule has 0 aromatic heterocycles. The number of nitrogens with zero attached hydrogens (tertiary/aromatic N) is 1. The Bertz CT molecular complexity index is 922. The van der Waals surface area contributed by atoms with E-state index in [9.17, 15) is 14.4 Å². The lowest BCUT2D eigenvalue weighted by Crippen LogP contribution is -2.38. The predicted octanol–water partition coefficient (Wildman–Crippen LogP) is 3.25. The Morgan fingerprint density at radius 1 is 1.19 bits per heavy atom. The summed E-state index contributed by atoms with van der Waals surface area (Å²) in [5, 5.41) is 5.22. The van der Waals surface area contributed by atoms with Gasteiger partial charge in [-0.25, -0.2) is 9.69 Å². The molecule has 0 saturated carbocycles. The highest BCUT2D eigenvalue weighted by atomic mass is 32.2. The maximum absolute atomic E-state index is 12.5. The molecule has 3 rings (SSSR count). The van der Waals surface area contributed by atoms with E-state index in [2.05, 4.69) is 10.6 Å². The Kier molecular flexibility index (Phi) is 5.61. The molecule has 1 fully saturated rings. The number of carbonyl (C=O) groups is 3. The van der Waals surface area contributed by atoms with Gasteiger partial charge in [0, 0.05) is 10.6 Å². The highest BCUT2D eigenvalue weighted by Crippen LogP contribution is 2.18. The molecule has 2 aromatic rings. The van der Waals surface area contributed by atoms with Crippen LogP contribution in [-0.2, 0) is 9.59 Å². The van der Waals surface area contributed by atoms with Crippen LogP contribution in [-0.4, -0.2) is 35.5 Å². The van der Waals surface area contributed by atoms with Crippen LogP contribution in [0.1, 0.15) is 11.1 Å². The van der Waals surface area contributed by atoms with Gasteiger partial charge in [-0.15, -0.1) is 11.8 Å². The van der Waals surface area contributed by atoms with Gasteiger partial charge in [0.2, 0.25) is 5.91 Å². The number of urea groups is 1. The molecule has 0 radical (unpaired) electrons. The minimum absolute atomic E-state index is 0.153. The lowest BCUT2D eigenvalue weighted by Gasteiger charge is -2.12. The normalized spacial score (nSPS) is 15.2. The van der Waals surface area contributed by atoms with Gasteiger partial charge in [0.1, 0.15) is 12.2 Å². The van der Waals surface area contributed by atoms with E-state index in [4.69, 9.17) is 0 Å². The van der Waals surface area contributed by atoms with Gasteiger partial charge < -0.3 is 10.6 Å². The van der Waals surface area contributed by atoms with Gasteiger partial charge in [-0.1, -0.05) is 24.3 Å². The summed E-state index contributed by atoms with van der Waals surface area (Å²) in [6.07, 6.45) is 3.58. The fourth-order valence-corrected chi connectivity index (χ4v) is 3.06. The van der Waals surface area contributed by atoms with Crippen molar-refractivity contribution in [1.82, 2.24) is 10.2 Å². The molecule has 1 heterocycles. The van der Waals surface area contributed by atoms with Crippen molar-refractivity contribution < 1.29 is 14.4 Å². The molecule has 1 aliphatic rings. The third-order valence-electron chi connectivity index (χ3n) is 3.99. The molecule has 2 aromatic carbocycles. The Hall–Kier alpha value is -3.06. The number of imide groups is 1. The topological polar surface area (TPSA) is 78.5 Å².